The van der Waals surface area contributed by atoms with Crippen LogP contribution in [0.25, 0.3) is 5.57 Å². The molecule has 0 aliphatic carbocycles. The minimum absolute atomic E-state index is 1.13. The Kier molecular flexibility index (Phi) is 3.73. The second-order valence-corrected chi connectivity index (χ2v) is 4.18. The van der Waals surface area contributed by atoms with Crippen LogP contribution in [0.3, 0.4) is 0 Å². The molecule has 0 nitrogen and oxygen atoms in total. The summed E-state index contributed by atoms with van der Waals surface area (Å²) in [5.41, 5.74) is 4.18. The molecule has 0 saturated heterocycles. The molecule has 13 heavy (non-hydrogen) atoms. The molecule has 0 amide bonds. The van der Waals surface area contributed by atoms with Crippen molar-refractivity contribution in [3.05, 3.63) is 39.9 Å². The van der Waals surface area contributed by atoms with Crippen molar-refractivity contribution in [3.8, 4) is 0 Å². The van der Waals surface area contributed by atoms with E-state index in [4.69, 9.17) is 0 Å². The Morgan fingerprint density at radius 1 is 1.15 bits per heavy atom. The molecular weight excluding hydrogens is 224 g/mol. The standard InChI is InChI=1S/C12H15Br/c1-4-9(2)10(3)11-5-7-12(13)8-6-11/h5-8H,4H2,1-3H3/b10-9-. The number of rotatable bonds is 2. The van der Waals surface area contributed by atoms with E-state index < -0.39 is 0 Å². The van der Waals surface area contributed by atoms with Crippen molar-refractivity contribution in [1.82, 2.24) is 0 Å². The van der Waals surface area contributed by atoms with Crippen LogP contribution in [0.15, 0.2) is 34.3 Å². The summed E-state index contributed by atoms with van der Waals surface area (Å²) in [6.07, 6.45) is 1.13. The van der Waals surface area contributed by atoms with Gasteiger partial charge in [0.25, 0.3) is 0 Å². The highest BCUT2D eigenvalue weighted by molar-refractivity contribution is 9.10. The third kappa shape index (κ3) is 2.70. The predicted octanol–water partition coefficient (Wildman–Crippen LogP) is 4.65. The zero-order valence-corrected chi connectivity index (χ0v) is 9.98. The third-order valence-corrected chi connectivity index (χ3v) is 2.98. The van der Waals surface area contributed by atoms with Gasteiger partial charge in [0.15, 0.2) is 0 Å². The molecule has 0 fully saturated rings. The molecule has 0 heterocycles. The predicted molar refractivity (Wildman–Crippen MR) is 62.7 cm³/mol. The number of allylic oxidation sites excluding steroid dienone is 2. The SMILES string of the molecule is CC/C(C)=C(/C)c1ccc(Br)cc1. The number of halogens is 1. The Bertz CT molecular complexity index is 306. The van der Waals surface area contributed by atoms with Crippen LogP contribution in [0.5, 0.6) is 0 Å². The first-order valence-corrected chi connectivity index (χ1v) is 5.36. The van der Waals surface area contributed by atoms with Crippen LogP contribution >= 0.6 is 15.9 Å². The molecule has 0 atom stereocenters. The summed E-state index contributed by atoms with van der Waals surface area (Å²) in [6, 6.07) is 8.47. The fourth-order valence-corrected chi connectivity index (χ4v) is 1.48. The van der Waals surface area contributed by atoms with Crippen LogP contribution in [0.2, 0.25) is 0 Å². The van der Waals surface area contributed by atoms with Crippen LogP contribution in [0.4, 0.5) is 0 Å². The highest BCUT2D eigenvalue weighted by Gasteiger charge is 1.98. The molecule has 1 heteroatoms. The van der Waals surface area contributed by atoms with Crippen LogP contribution in [0.1, 0.15) is 32.8 Å². The first kappa shape index (κ1) is 10.5. The summed E-state index contributed by atoms with van der Waals surface area (Å²) >= 11 is 3.43. The maximum absolute atomic E-state index is 3.43. The van der Waals surface area contributed by atoms with E-state index in [2.05, 4.69) is 61.0 Å². The van der Waals surface area contributed by atoms with Gasteiger partial charge in [0.05, 0.1) is 0 Å². The van der Waals surface area contributed by atoms with Crippen molar-refractivity contribution < 1.29 is 0 Å². The van der Waals surface area contributed by atoms with E-state index in [9.17, 15) is 0 Å². The van der Waals surface area contributed by atoms with Crippen molar-refractivity contribution >= 4 is 21.5 Å². The number of hydrogen-bond acceptors (Lipinski definition) is 0. The average Bonchev–Trinajstić information content (AvgIpc) is 2.17. The fraction of sp³-hybridized carbons (Fsp3) is 0.333. The minimum atomic E-state index is 1.13. The van der Waals surface area contributed by atoms with Gasteiger partial charge in [0.1, 0.15) is 0 Å². The van der Waals surface area contributed by atoms with Crippen LogP contribution in [-0.2, 0) is 0 Å². The van der Waals surface area contributed by atoms with Gasteiger partial charge in [0, 0.05) is 4.47 Å². The van der Waals surface area contributed by atoms with E-state index in [1.807, 2.05) is 0 Å². The first-order valence-electron chi connectivity index (χ1n) is 4.57. The van der Waals surface area contributed by atoms with Gasteiger partial charge in [0.2, 0.25) is 0 Å². The zero-order valence-electron chi connectivity index (χ0n) is 8.39. The maximum Gasteiger partial charge on any atom is 0.0175 e. The lowest BCUT2D eigenvalue weighted by Gasteiger charge is -2.05. The molecule has 0 spiro atoms. The van der Waals surface area contributed by atoms with Crippen LogP contribution < -0.4 is 0 Å². The minimum Gasteiger partial charge on any atom is -0.0701 e. The molecule has 1 rings (SSSR count). The summed E-state index contributed by atoms with van der Waals surface area (Å²) in [4.78, 5) is 0. The number of hydrogen-bond donors (Lipinski definition) is 0. The highest BCUT2D eigenvalue weighted by atomic mass is 79.9. The second kappa shape index (κ2) is 4.61. The number of benzene rings is 1. The van der Waals surface area contributed by atoms with Crippen molar-refractivity contribution in [1.29, 1.82) is 0 Å². The Morgan fingerprint density at radius 3 is 2.15 bits per heavy atom. The molecule has 0 aliphatic rings. The molecule has 1 aromatic rings. The van der Waals surface area contributed by atoms with Crippen molar-refractivity contribution in [2.45, 2.75) is 27.2 Å². The average molecular weight is 239 g/mol. The second-order valence-electron chi connectivity index (χ2n) is 3.27. The van der Waals surface area contributed by atoms with Crippen molar-refractivity contribution in [3.63, 3.8) is 0 Å². The van der Waals surface area contributed by atoms with Gasteiger partial charge >= 0.3 is 0 Å². The van der Waals surface area contributed by atoms with Crippen molar-refractivity contribution in [2.75, 3.05) is 0 Å². The van der Waals surface area contributed by atoms with E-state index in [-0.39, 0.29) is 0 Å². The molecule has 1 aromatic carbocycles. The van der Waals surface area contributed by atoms with E-state index in [1.165, 1.54) is 16.7 Å². The van der Waals surface area contributed by atoms with Crippen molar-refractivity contribution in [2.24, 2.45) is 0 Å². The lowest BCUT2D eigenvalue weighted by Crippen LogP contribution is -1.83. The lowest BCUT2D eigenvalue weighted by atomic mass is 10.0. The van der Waals surface area contributed by atoms with Gasteiger partial charge in [-0.25, -0.2) is 0 Å². The molecular formula is C12H15Br. The van der Waals surface area contributed by atoms with E-state index >= 15 is 0 Å². The zero-order chi connectivity index (χ0) is 9.84. The quantitative estimate of drug-likeness (QED) is 0.704. The third-order valence-electron chi connectivity index (χ3n) is 2.45. The molecule has 0 bridgehead atoms. The largest absolute Gasteiger partial charge is 0.0701 e. The monoisotopic (exact) mass is 238 g/mol. The Balaban J connectivity index is 3.02. The van der Waals surface area contributed by atoms with Crippen LogP contribution in [0, 0.1) is 0 Å². The molecule has 70 valence electrons. The van der Waals surface area contributed by atoms with E-state index in [0.29, 0.717) is 0 Å². The summed E-state index contributed by atoms with van der Waals surface area (Å²) in [7, 11) is 0. The van der Waals surface area contributed by atoms with E-state index in [0.717, 1.165) is 10.9 Å². The van der Waals surface area contributed by atoms with Gasteiger partial charge in [-0.2, -0.15) is 0 Å². The Labute approximate surface area is 88.8 Å². The molecule has 0 saturated carbocycles. The van der Waals surface area contributed by atoms with Gasteiger partial charge in [-0.3, -0.25) is 0 Å². The molecule has 0 radical (unpaired) electrons. The normalized spacial score (nSPS) is 12.6. The van der Waals surface area contributed by atoms with Gasteiger partial charge in [-0.05, 0) is 43.5 Å². The topological polar surface area (TPSA) is 0 Å². The van der Waals surface area contributed by atoms with Gasteiger partial charge in [-0.15, -0.1) is 0 Å². The lowest BCUT2D eigenvalue weighted by molar-refractivity contribution is 1.10. The summed E-state index contributed by atoms with van der Waals surface area (Å²) in [5, 5.41) is 0. The summed E-state index contributed by atoms with van der Waals surface area (Å²) in [5.74, 6) is 0. The van der Waals surface area contributed by atoms with E-state index in [1.54, 1.807) is 0 Å². The fourth-order valence-electron chi connectivity index (χ4n) is 1.21. The van der Waals surface area contributed by atoms with Crippen LogP contribution in [-0.4, -0.2) is 0 Å². The summed E-state index contributed by atoms with van der Waals surface area (Å²) < 4.78 is 1.14. The smallest absolute Gasteiger partial charge is 0.0175 e. The maximum atomic E-state index is 3.43. The Morgan fingerprint density at radius 2 is 1.69 bits per heavy atom. The molecule has 0 aromatic heterocycles. The summed E-state index contributed by atoms with van der Waals surface area (Å²) in [6.45, 7) is 6.57. The highest BCUT2D eigenvalue weighted by Crippen LogP contribution is 2.21. The molecule has 0 N–H and O–H groups in total. The first-order chi connectivity index (χ1) is 6.15. The Hall–Kier alpha value is -0.560. The molecule has 0 aliphatic heterocycles. The molecule has 0 unspecified atom stereocenters. The van der Waals surface area contributed by atoms with Gasteiger partial charge < -0.3 is 0 Å². The van der Waals surface area contributed by atoms with Gasteiger partial charge in [-0.1, -0.05) is 40.6 Å².